The van der Waals surface area contributed by atoms with Crippen LogP contribution >= 0.6 is 0 Å². The molecule has 2 atom stereocenters. The van der Waals surface area contributed by atoms with Crippen molar-refractivity contribution in [1.29, 1.82) is 0 Å². The lowest BCUT2D eigenvalue weighted by molar-refractivity contribution is 0.0846. The molecule has 2 unspecified atom stereocenters. The fraction of sp³-hybridized carbons (Fsp3) is 0.600. The number of amides is 1. The fourth-order valence-corrected chi connectivity index (χ4v) is 4.09. The molecule has 0 aromatic carbocycles. The second kappa shape index (κ2) is 7.84. The summed E-state index contributed by atoms with van der Waals surface area (Å²) in [6.45, 7) is 1.51. The number of alkyl halides is 1. The van der Waals surface area contributed by atoms with Gasteiger partial charge in [0.15, 0.2) is 0 Å². The number of fused-ring (bicyclic) bond motifs is 1. The van der Waals surface area contributed by atoms with Gasteiger partial charge in [0.25, 0.3) is 5.91 Å². The van der Waals surface area contributed by atoms with E-state index in [0.29, 0.717) is 30.1 Å². The zero-order valence-electron chi connectivity index (χ0n) is 15.6. The lowest BCUT2D eigenvalue weighted by Crippen LogP contribution is -2.39. The zero-order valence-corrected chi connectivity index (χ0v) is 15.6. The van der Waals surface area contributed by atoms with E-state index in [1.54, 1.807) is 19.4 Å². The molecule has 0 radical (unpaired) electrons. The Morgan fingerprint density at radius 2 is 2.11 bits per heavy atom. The Balaban J connectivity index is 1.58. The first-order valence-electron chi connectivity index (χ1n) is 9.73. The summed E-state index contributed by atoms with van der Waals surface area (Å²) in [6.07, 6.45) is 7.43. The lowest BCUT2D eigenvalue weighted by atomic mass is 9.94. The lowest BCUT2D eigenvalue weighted by Gasteiger charge is -2.25. The zero-order chi connectivity index (χ0) is 18.8. The quantitative estimate of drug-likeness (QED) is 0.891. The third-order valence-corrected chi connectivity index (χ3v) is 5.62. The molecule has 146 valence electrons. The molecular formula is C20H26FN3O3. The fourth-order valence-electron chi connectivity index (χ4n) is 4.09. The Morgan fingerprint density at radius 3 is 2.85 bits per heavy atom. The average molecular weight is 375 g/mol. The maximum absolute atomic E-state index is 13.6. The van der Waals surface area contributed by atoms with Crippen LogP contribution in [0.5, 0.6) is 5.75 Å². The molecular weight excluding hydrogens is 349 g/mol. The summed E-state index contributed by atoms with van der Waals surface area (Å²) < 4.78 is 26.4. The topological polar surface area (TPSA) is 64.9 Å². The third-order valence-electron chi connectivity index (χ3n) is 5.62. The van der Waals surface area contributed by atoms with Gasteiger partial charge in [0.1, 0.15) is 17.6 Å². The van der Waals surface area contributed by atoms with E-state index < -0.39 is 6.17 Å². The number of carbonyl (C=O) groups excluding carboxylic acids is 1. The Labute approximate surface area is 158 Å². The largest absolute Gasteiger partial charge is 0.496 e. The molecule has 1 aliphatic heterocycles. The highest BCUT2D eigenvalue weighted by molar-refractivity contribution is 5.97. The van der Waals surface area contributed by atoms with Crippen molar-refractivity contribution in [3.63, 3.8) is 0 Å². The smallest absolute Gasteiger partial charge is 0.256 e. The molecule has 1 N–H and O–H groups in total. The minimum absolute atomic E-state index is 0.123. The average Bonchev–Trinajstić information content (AvgIpc) is 3.10. The molecule has 27 heavy (non-hydrogen) atoms. The third kappa shape index (κ3) is 3.93. The summed E-state index contributed by atoms with van der Waals surface area (Å²) in [5.74, 6) is 0.636. The van der Waals surface area contributed by atoms with Gasteiger partial charge in [-0.05, 0) is 38.5 Å². The molecule has 2 aliphatic rings. The van der Waals surface area contributed by atoms with Gasteiger partial charge in [0, 0.05) is 43.6 Å². The molecule has 2 fully saturated rings. The molecule has 6 nitrogen and oxygen atoms in total. The van der Waals surface area contributed by atoms with Gasteiger partial charge in [-0.15, -0.1) is 0 Å². The molecule has 0 bridgehead atoms. The minimum Gasteiger partial charge on any atom is -0.496 e. The van der Waals surface area contributed by atoms with Crippen LogP contribution < -0.4 is 10.1 Å². The van der Waals surface area contributed by atoms with Gasteiger partial charge < -0.3 is 19.2 Å². The predicted octanol–water partition coefficient (Wildman–Crippen LogP) is 3.25. The maximum Gasteiger partial charge on any atom is 0.256 e. The van der Waals surface area contributed by atoms with Gasteiger partial charge >= 0.3 is 0 Å². The van der Waals surface area contributed by atoms with Crippen LogP contribution in [0.2, 0.25) is 0 Å². The van der Waals surface area contributed by atoms with E-state index in [-0.39, 0.29) is 11.9 Å². The van der Waals surface area contributed by atoms with Gasteiger partial charge in [-0.2, -0.15) is 0 Å². The van der Waals surface area contributed by atoms with Crippen LogP contribution in [0, 0.1) is 0 Å². The number of halogens is 1. The summed E-state index contributed by atoms with van der Waals surface area (Å²) in [5.41, 5.74) is 2.22. The van der Waals surface area contributed by atoms with Crippen LogP contribution in [0.1, 0.15) is 60.5 Å². The number of rotatable bonds is 4. The molecule has 1 saturated heterocycles. The van der Waals surface area contributed by atoms with Crippen LogP contribution in [-0.4, -0.2) is 47.8 Å². The van der Waals surface area contributed by atoms with E-state index in [1.807, 2.05) is 10.6 Å². The summed E-state index contributed by atoms with van der Waals surface area (Å²) in [4.78, 5) is 17.5. The van der Waals surface area contributed by atoms with Gasteiger partial charge in [-0.1, -0.05) is 0 Å². The van der Waals surface area contributed by atoms with Crippen molar-refractivity contribution >= 4 is 11.6 Å². The predicted molar refractivity (Wildman–Crippen MR) is 99.2 cm³/mol. The summed E-state index contributed by atoms with van der Waals surface area (Å²) in [7, 11) is 1.54. The normalized spacial score (nSPS) is 24.1. The first-order valence-corrected chi connectivity index (χ1v) is 9.73. The first kappa shape index (κ1) is 18.2. The van der Waals surface area contributed by atoms with Crippen LogP contribution in [0.25, 0.3) is 5.65 Å². The Kier molecular flexibility index (Phi) is 5.29. The van der Waals surface area contributed by atoms with E-state index in [4.69, 9.17) is 14.5 Å². The molecule has 1 amide bonds. The standard InChI is InChI=1S/C20H26FN3O3/c1-26-18-10-19-23-17(13-5-7-27-8-6-13)12-24(19)11-16(18)20(25)22-15-4-2-3-14(21)9-15/h10-15H,2-9H2,1H3,(H,22,25). The molecule has 2 aromatic heterocycles. The summed E-state index contributed by atoms with van der Waals surface area (Å²) in [6, 6.07) is 1.67. The molecule has 7 heteroatoms. The number of ether oxygens (including phenoxy) is 2. The van der Waals surface area contributed by atoms with Crippen molar-refractivity contribution in [3.05, 3.63) is 29.7 Å². The number of nitrogens with zero attached hydrogens (tertiary/aromatic N) is 2. The number of hydrogen-bond donors (Lipinski definition) is 1. The molecule has 1 saturated carbocycles. The molecule has 2 aromatic rings. The van der Waals surface area contributed by atoms with Gasteiger partial charge in [0.2, 0.25) is 0 Å². The van der Waals surface area contributed by atoms with Crippen LogP contribution in [-0.2, 0) is 4.74 Å². The number of methoxy groups -OCH3 is 1. The highest BCUT2D eigenvalue weighted by Crippen LogP contribution is 2.29. The number of aromatic nitrogens is 2. The molecule has 0 spiro atoms. The van der Waals surface area contributed by atoms with Crippen LogP contribution in [0.3, 0.4) is 0 Å². The van der Waals surface area contributed by atoms with Crippen LogP contribution in [0.15, 0.2) is 18.5 Å². The molecule has 4 rings (SSSR count). The Hall–Kier alpha value is -2.15. The van der Waals surface area contributed by atoms with E-state index in [0.717, 1.165) is 50.2 Å². The van der Waals surface area contributed by atoms with Crippen LogP contribution in [0.4, 0.5) is 4.39 Å². The van der Waals surface area contributed by atoms with Gasteiger partial charge in [0.05, 0.1) is 18.4 Å². The number of imidazole rings is 1. The van der Waals surface area contributed by atoms with E-state index >= 15 is 0 Å². The highest BCUT2D eigenvalue weighted by Gasteiger charge is 2.25. The SMILES string of the molecule is COc1cc2nc(C3CCOCC3)cn2cc1C(=O)NC1CCCC(F)C1. The highest BCUT2D eigenvalue weighted by atomic mass is 19.1. The maximum atomic E-state index is 13.6. The number of hydrogen-bond acceptors (Lipinski definition) is 4. The van der Waals surface area contributed by atoms with Crippen molar-refractivity contribution < 1.29 is 18.7 Å². The molecule has 1 aliphatic carbocycles. The monoisotopic (exact) mass is 375 g/mol. The number of carbonyl (C=O) groups is 1. The molecule has 3 heterocycles. The first-order chi connectivity index (χ1) is 13.1. The summed E-state index contributed by atoms with van der Waals surface area (Å²) >= 11 is 0. The van der Waals surface area contributed by atoms with Gasteiger partial charge in [-0.3, -0.25) is 4.79 Å². The van der Waals surface area contributed by atoms with E-state index in [9.17, 15) is 9.18 Å². The van der Waals surface area contributed by atoms with Crippen molar-refractivity contribution in [1.82, 2.24) is 14.7 Å². The Bertz CT molecular complexity index is 816. The van der Waals surface area contributed by atoms with Gasteiger partial charge in [-0.25, -0.2) is 9.37 Å². The number of pyridine rings is 1. The van der Waals surface area contributed by atoms with E-state index in [1.165, 1.54) is 0 Å². The van der Waals surface area contributed by atoms with Crippen molar-refractivity contribution in [2.75, 3.05) is 20.3 Å². The van der Waals surface area contributed by atoms with E-state index in [2.05, 4.69) is 5.32 Å². The van der Waals surface area contributed by atoms with Crippen molar-refractivity contribution in [3.8, 4) is 5.75 Å². The second-order valence-corrected chi connectivity index (χ2v) is 7.51. The van der Waals surface area contributed by atoms with Crippen molar-refractivity contribution in [2.45, 2.75) is 56.7 Å². The Morgan fingerprint density at radius 1 is 1.30 bits per heavy atom. The number of nitrogens with one attached hydrogen (secondary N) is 1. The minimum atomic E-state index is -0.830. The summed E-state index contributed by atoms with van der Waals surface area (Å²) in [5, 5.41) is 2.97. The second-order valence-electron chi connectivity index (χ2n) is 7.51. The van der Waals surface area contributed by atoms with Crippen molar-refractivity contribution in [2.24, 2.45) is 0 Å².